The van der Waals surface area contributed by atoms with Gasteiger partial charge in [-0.15, -0.1) is 0 Å². The molecule has 17 heavy (non-hydrogen) atoms. The fourth-order valence-corrected chi connectivity index (χ4v) is 2.01. The molecule has 0 saturated heterocycles. The fourth-order valence-electron chi connectivity index (χ4n) is 2.01. The van der Waals surface area contributed by atoms with Crippen LogP contribution in [0.5, 0.6) is 0 Å². The van der Waals surface area contributed by atoms with Gasteiger partial charge in [-0.25, -0.2) is 0 Å². The van der Waals surface area contributed by atoms with Crippen LogP contribution in [0.1, 0.15) is 17.3 Å². The smallest absolute Gasteiger partial charge is 0.159 e. The molecule has 0 aliphatic heterocycles. The third-order valence-electron chi connectivity index (χ3n) is 2.90. The van der Waals surface area contributed by atoms with Crippen LogP contribution < -0.4 is 5.73 Å². The van der Waals surface area contributed by atoms with Crippen LogP contribution in [0.25, 0.3) is 21.9 Å². The van der Waals surface area contributed by atoms with Gasteiger partial charge in [0, 0.05) is 28.1 Å². The molecule has 3 rings (SSSR count). The second-order valence-electron chi connectivity index (χ2n) is 4.12. The van der Waals surface area contributed by atoms with Crippen molar-refractivity contribution >= 4 is 33.4 Å². The molecule has 1 heterocycles. The third-order valence-corrected chi connectivity index (χ3v) is 2.90. The van der Waals surface area contributed by atoms with Crippen LogP contribution in [0, 0.1) is 0 Å². The summed E-state index contributed by atoms with van der Waals surface area (Å²) in [5, 5.41) is 1.94. The Labute approximate surface area is 97.8 Å². The minimum absolute atomic E-state index is 0.0525. The van der Waals surface area contributed by atoms with Gasteiger partial charge in [-0.2, -0.15) is 0 Å². The van der Waals surface area contributed by atoms with E-state index >= 15 is 0 Å². The standard InChI is InChI=1S/C14H11NO2/c1-8(16)9-2-5-13-12(6-9)11-4-3-10(15)7-14(11)17-13/h2-7H,15H2,1H3. The first kappa shape index (κ1) is 9.90. The summed E-state index contributed by atoms with van der Waals surface area (Å²) in [7, 11) is 0. The normalized spacial score (nSPS) is 11.1. The summed E-state index contributed by atoms with van der Waals surface area (Å²) in [5.74, 6) is 0.0525. The number of carbonyl (C=O) groups excluding carboxylic acids is 1. The molecule has 0 amide bonds. The Kier molecular flexibility index (Phi) is 1.95. The molecule has 0 spiro atoms. The van der Waals surface area contributed by atoms with E-state index in [1.54, 1.807) is 19.1 Å². The van der Waals surface area contributed by atoms with Crippen molar-refractivity contribution in [3.05, 3.63) is 42.0 Å². The number of ketones is 1. The molecule has 0 atom stereocenters. The number of furan rings is 1. The SMILES string of the molecule is CC(=O)c1ccc2oc3cc(N)ccc3c2c1. The fraction of sp³-hybridized carbons (Fsp3) is 0.0714. The average Bonchev–Trinajstić information content (AvgIpc) is 2.64. The van der Waals surface area contributed by atoms with Gasteiger partial charge >= 0.3 is 0 Å². The maximum Gasteiger partial charge on any atom is 0.159 e. The van der Waals surface area contributed by atoms with Crippen LogP contribution in [-0.2, 0) is 0 Å². The largest absolute Gasteiger partial charge is 0.456 e. The van der Waals surface area contributed by atoms with Crippen LogP contribution in [-0.4, -0.2) is 5.78 Å². The molecule has 0 bridgehead atoms. The maximum atomic E-state index is 11.4. The van der Waals surface area contributed by atoms with Crippen molar-refractivity contribution in [1.82, 2.24) is 0 Å². The summed E-state index contributed by atoms with van der Waals surface area (Å²) in [6.07, 6.45) is 0. The zero-order valence-corrected chi connectivity index (χ0v) is 9.36. The number of rotatable bonds is 1. The number of fused-ring (bicyclic) bond motifs is 3. The Balaban J connectivity index is 2.41. The van der Waals surface area contributed by atoms with E-state index in [4.69, 9.17) is 10.2 Å². The van der Waals surface area contributed by atoms with E-state index in [0.717, 1.165) is 21.9 Å². The number of hydrogen-bond donors (Lipinski definition) is 1. The highest BCUT2D eigenvalue weighted by molar-refractivity contribution is 6.08. The molecule has 2 aromatic carbocycles. The lowest BCUT2D eigenvalue weighted by molar-refractivity contribution is 0.101. The molecule has 1 aromatic heterocycles. The molecule has 0 unspecified atom stereocenters. The molecule has 0 saturated carbocycles. The molecule has 0 fully saturated rings. The molecule has 3 nitrogen and oxygen atoms in total. The monoisotopic (exact) mass is 225 g/mol. The topological polar surface area (TPSA) is 56.2 Å². The Bertz CT molecular complexity index is 740. The lowest BCUT2D eigenvalue weighted by atomic mass is 10.1. The lowest BCUT2D eigenvalue weighted by Gasteiger charge is -1.95. The summed E-state index contributed by atoms with van der Waals surface area (Å²) in [6.45, 7) is 1.56. The maximum absolute atomic E-state index is 11.4. The number of nitrogen functional groups attached to an aromatic ring is 1. The first-order chi connectivity index (χ1) is 8.15. The highest BCUT2D eigenvalue weighted by Crippen LogP contribution is 2.30. The zero-order valence-electron chi connectivity index (χ0n) is 9.36. The number of anilines is 1. The average molecular weight is 225 g/mol. The zero-order chi connectivity index (χ0) is 12.0. The van der Waals surface area contributed by atoms with E-state index in [1.165, 1.54) is 0 Å². The van der Waals surface area contributed by atoms with Crippen molar-refractivity contribution < 1.29 is 9.21 Å². The van der Waals surface area contributed by atoms with Crippen molar-refractivity contribution in [1.29, 1.82) is 0 Å². The predicted molar refractivity (Wildman–Crippen MR) is 68.1 cm³/mol. The second-order valence-corrected chi connectivity index (χ2v) is 4.12. The molecule has 0 radical (unpaired) electrons. The lowest BCUT2D eigenvalue weighted by Crippen LogP contribution is -1.89. The molecular formula is C14H11NO2. The summed E-state index contributed by atoms with van der Waals surface area (Å²) >= 11 is 0. The number of Topliss-reactive ketones (excluding diaryl/α,β-unsaturated/α-hetero) is 1. The van der Waals surface area contributed by atoms with Crippen LogP contribution in [0.4, 0.5) is 5.69 Å². The molecule has 0 aliphatic carbocycles. The van der Waals surface area contributed by atoms with E-state index in [-0.39, 0.29) is 5.78 Å². The molecule has 3 aromatic rings. The van der Waals surface area contributed by atoms with Crippen molar-refractivity contribution in [3.8, 4) is 0 Å². The third kappa shape index (κ3) is 1.47. The van der Waals surface area contributed by atoms with Crippen molar-refractivity contribution in [2.24, 2.45) is 0 Å². The van der Waals surface area contributed by atoms with Gasteiger partial charge in [-0.1, -0.05) is 0 Å². The van der Waals surface area contributed by atoms with Crippen LogP contribution in [0.15, 0.2) is 40.8 Å². The van der Waals surface area contributed by atoms with Gasteiger partial charge < -0.3 is 10.2 Å². The second kappa shape index (κ2) is 3.35. The summed E-state index contributed by atoms with van der Waals surface area (Å²) < 4.78 is 5.68. The Morgan fingerprint density at radius 1 is 1.06 bits per heavy atom. The van der Waals surface area contributed by atoms with E-state index in [0.29, 0.717) is 11.3 Å². The summed E-state index contributed by atoms with van der Waals surface area (Å²) in [5.41, 5.74) is 8.60. The van der Waals surface area contributed by atoms with Crippen LogP contribution in [0.3, 0.4) is 0 Å². The van der Waals surface area contributed by atoms with Gasteiger partial charge in [0.25, 0.3) is 0 Å². The van der Waals surface area contributed by atoms with Crippen molar-refractivity contribution in [2.75, 3.05) is 5.73 Å². The quantitative estimate of drug-likeness (QED) is 0.510. The highest BCUT2D eigenvalue weighted by Gasteiger charge is 2.09. The molecule has 0 aliphatic rings. The first-order valence-electron chi connectivity index (χ1n) is 5.38. The van der Waals surface area contributed by atoms with Crippen LogP contribution in [0.2, 0.25) is 0 Å². The van der Waals surface area contributed by atoms with Crippen LogP contribution >= 0.6 is 0 Å². The van der Waals surface area contributed by atoms with Gasteiger partial charge in [0.2, 0.25) is 0 Å². The highest BCUT2D eigenvalue weighted by atomic mass is 16.3. The Hall–Kier alpha value is -2.29. The molecule has 2 N–H and O–H groups in total. The molecule has 84 valence electrons. The Morgan fingerprint density at radius 2 is 1.88 bits per heavy atom. The molecule has 3 heteroatoms. The van der Waals surface area contributed by atoms with Gasteiger partial charge in [-0.3, -0.25) is 4.79 Å². The van der Waals surface area contributed by atoms with Gasteiger partial charge in [0.15, 0.2) is 5.78 Å². The van der Waals surface area contributed by atoms with Crippen molar-refractivity contribution in [2.45, 2.75) is 6.92 Å². The van der Waals surface area contributed by atoms with Gasteiger partial charge in [0.05, 0.1) is 0 Å². The summed E-state index contributed by atoms with van der Waals surface area (Å²) in [4.78, 5) is 11.4. The predicted octanol–water partition coefficient (Wildman–Crippen LogP) is 3.37. The summed E-state index contributed by atoms with van der Waals surface area (Å²) in [6, 6.07) is 11.0. The minimum Gasteiger partial charge on any atom is -0.456 e. The van der Waals surface area contributed by atoms with E-state index in [9.17, 15) is 4.79 Å². The number of nitrogens with two attached hydrogens (primary N) is 1. The number of hydrogen-bond acceptors (Lipinski definition) is 3. The van der Waals surface area contributed by atoms with E-state index in [2.05, 4.69) is 0 Å². The Morgan fingerprint density at radius 3 is 2.65 bits per heavy atom. The number of benzene rings is 2. The van der Waals surface area contributed by atoms with Gasteiger partial charge in [-0.05, 0) is 37.3 Å². The van der Waals surface area contributed by atoms with Gasteiger partial charge in [0.1, 0.15) is 11.2 Å². The minimum atomic E-state index is 0.0525. The van der Waals surface area contributed by atoms with E-state index in [1.807, 2.05) is 24.3 Å². The first-order valence-corrected chi connectivity index (χ1v) is 5.38. The van der Waals surface area contributed by atoms with E-state index < -0.39 is 0 Å². The molecular weight excluding hydrogens is 214 g/mol. The van der Waals surface area contributed by atoms with Crippen molar-refractivity contribution in [3.63, 3.8) is 0 Å². The number of carbonyl (C=O) groups is 1.